The van der Waals surface area contributed by atoms with Gasteiger partial charge in [0, 0.05) is 30.3 Å². The topological polar surface area (TPSA) is 75.4 Å². The summed E-state index contributed by atoms with van der Waals surface area (Å²) in [6.45, 7) is 3.56. The average molecular weight is 301 g/mol. The van der Waals surface area contributed by atoms with E-state index in [1.807, 2.05) is 0 Å². The molecule has 0 aromatic heterocycles. The van der Waals surface area contributed by atoms with Gasteiger partial charge < -0.3 is 10.4 Å². The van der Waals surface area contributed by atoms with Crippen LogP contribution in [-0.4, -0.2) is 23.2 Å². The quantitative estimate of drug-likeness (QED) is 0.542. The normalized spacial score (nSPS) is 12.3. The molecular weight excluding hydrogens is 280 g/mol. The Labute approximate surface area is 124 Å². The molecule has 5 nitrogen and oxygen atoms in total. The monoisotopic (exact) mass is 300 g/mol. The Morgan fingerprint density at radius 1 is 1.45 bits per heavy atom. The maximum atomic E-state index is 10.7. The van der Waals surface area contributed by atoms with Crippen molar-refractivity contribution < 1.29 is 10.0 Å². The van der Waals surface area contributed by atoms with E-state index in [1.54, 1.807) is 6.07 Å². The maximum absolute atomic E-state index is 10.7. The van der Waals surface area contributed by atoms with Crippen molar-refractivity contribution in [3.8, 4) is 0 Å². The van der Waals surface area contributed by atoms with E-state index in [1.165, 1.54) is 12.1 Å². The van der Waals surface area contributed by atoms with Crippen LogP contribution in [0.1, 0.15) is 31.7 Å². The van der Waals surface area contributed by atoms with Gasteiger partial charge in [0.1, 0.15) is 0 Å². The lowest BCUT2D eigenvalue weighted by Gasteiger charge is -2.16. The first-order chi connectivity index (χ1) is 9.58. The summed E-state index contributed by atoms with van der Waals surface area (Å²) in [6.07, 6.45) is 2.89. The average Bonchev–Trinajstić information content (AvgIpc) is 2.41. The van der Waals surface area contributed by atoms with Crippen LogP contribution in [0.4, 0.5) is 5.69 Å². The molecule has 20 heavy (non-hydrogen) atoms. The summed E-state index contributed by atoms with van der Waals surface area (Å²) >= 11 is 6.04. The lowest BCUT2D eigenvalue weighted by molar-refractivity contribution is -0.384. The second-order valence-electron chi connectivity index (χ2n) is 4.83. The van der Waals surface area contributed by atoms with Crippen LogP contribution in [0.15, 0.2) is 18.2 Å². The molecule has 1 rings (SSSR count). The van der Waals surface area contributed by atoms with Crippen molar-refractivity contribution in [1.82, 2.24) is 5.32 Å². The second-order valence-corrected chi connectivity index (χ2v) is 5.24. The molecule has 0 saturated heterocycles. The van der Waals surface area contributed by atoms with Gasteiger partial charge >= 0.3 is 0 Å². The zero-order chi connectivity index (χ0) is 15.0. The first kappa shape index (κ1) is 16.9. The largest absolute Gasteiger partial charge is 0.396 e. The molecule has 1 aromatic rings. The third-order valence-corrected chi connectivity index (χ3v) is 3.59. The maximum Gasteiger partial charge on any atom is 0.269 e. The summed E-state index contributed by atoms with van der Waals surface area (Å²) in [5.41, 5.74) is 0.770. The molecule has 2 N–H and O–H groups in total. The van der Waals surface area contributed by atoms with Crippen molar-refractivity contribution in [2.75, 3.05) is 13.2 Å². The molecule has 0 amide bonds. The highest BCUT2D eigenvalue weighted by Crippen LogP contribution is 2.22. The lowest BCUT2D eigenvalue weighted by atomic mass is 10.0. The first-order valence-electron chi connectivity index (χ1n) is 6.82. The molecule has 0 aliphatic carbocycles. The number of benzene rings is 1. The van der Waals surface area contributed by atoms with Crippen LogP contribution in [0.3, 0.4) is 0 Å². The Balaban J connectivity index is 2.56. The van der Waals surface area contributed by atoms with Gasteiger partial charge in [-0.3, -0.25) is 10.1 Å². The fourth-order valence-electron chi connectivity index (χ4n) is 2.16. The molecule has 0 saturated carbocycles. The van der Waals surface area contributed by atoms with Crippen LogP contribution in [0.2, 0.25) is 5.02 Å². The van der Waals surface area contributed by atoms with E-state index in [0.717, 1.165) is 31.4 Å². The predicted molar refractivity (Wildman–Crippen MR) is 79.9 cm³/mol. The molecule has 6 heteroatoms. The summed E-state index contributed by atoms with van der Waals surface area (Å²) in [6, 6.07) is 4.45. The minimum atomic E-state index is -0.425. The SMILES string of the molecule is CCCC(CCO)CNCc1cc([N+](=O)[O-])ccc1Cl. The van der Waals surface area contributed by atoms with Crippen molar-refractivity contribution in [1.29, 1.82) is 0 Å². The van der Waals surface area contributed by atoms with E-state index in [2.05, 4.69) is 12.2 Å². The van der Waals surface area contributed by atoms with E-state index in [-0.39, 0.29) is 12.3 Å². The minimum Gasteiger partial charge on any atom is -0.396 e. The fraction of sp³-hybridized carbons (Fsp3) is 0.571. The molecule has 1 aromatic carbocycles. The lowest BCUT2D eigenvalue weighted by Crippen LogP contribution is -2.23. The molecule has 0 heterocycles. The predicted octanol–water partition coefficient (Wildman–Crippen LogP) is 3.14. The molecular formula is C14H21ClN2O3. The highest BCUT2D eigenvalue weighted by atomic mass is 35.5. The number of nitrogens with zero attached hydrogens (tertiary/aromatic N) is 1. The van der Waals surface area contributed by atoms with Crippen LogP contribution < -0.4 is 5.32 Å². The summed E-state index contributed by atoms with van der Waals surface area (Å²) in [7, 11) is 0. The van der Waals surface area contributed by atoms with E-state index in [0.29, 0.717) is 17.5 Å². The first-order valence-corrected chi connectivity index (χ1v) is 7.20. The number of halogens is 1. The molecule has 0 aliphatic rings. The van der Waals surface area contributed by atoms with Gasteiger partial charge in [-0.15, -0.1) is 0 Å². The van der Waals surface area contributed by atoms with Gasteiger partial charge in [-0.2, -0.15) is 0 Å². The van der Waals surface area contributed by atoms with Crippen LogP contribution in [0.25, 0.3) is 0 Å². The molecule has 1 unspecified atom stereocenters. The summed E-state index contributed by atoms with van der Waals surface area (Å²) in [5, 5.41) is 23.5. The van der Waals surface area contributed by atoms with Crippen LogP contribution in [-0.2, 0) is 6.54 Å². The number of nitro groups is 1. The Hall–Kier alpha value is -1.17. The zero-order valence-corrected chi connectivity index (χ0v) is 12.4. The van der Waals surface area contributed by atoms with Gasteiger partial charge in [-0.25, -0.2) is 0 Å². The van der Waals surface area contributed by atoms with Crippen molar-refractivity contribution in [2.24, 2.45) is 5.92 Å². The van der Waals surface area contributed by atoms with Gasteiger partial charge in [0.15, 0.2) is 0 Å². The minimum absolute atomic E-state index is 0.0478. The number of nitrogens with one attached hydrogen (secondary N) is 1. The molecule has 0 bridgehead atoms. The Morgan fingerprint density at radius 3 is 2.80 bits per heavy atom. The highest BCUT2D eigenvalue weighted by molar-refractivity contribution is 6.31. The third-order valence-electron chi connectivity index (χ3n) is 3.22. The van der Waals surface area contributed by atoms with E-state index in [4.69, 9.17) is 16.7 Å². The standard InChI is InChI=1S/C14H21ClN2O3/c1-2-3-11(6-7-18)9-16-10-12-8-13(17(19)20)4-5-14(12)15/h4-5,8,11,16,18H,2-3,6-7,9-10H2,1H3. The second kappa shape index (κ2) is 8.89. The van der Waals surface area contributed by atoms with Gasteiger partial charge in [-0.05, 0) is 36.9 Å². The number of hydrogen-bond acceptors (Lipinski definition) is 4. The van der Waals surface area contributed by atoms with Crippen molar-refractivity contribution >= 4 is 17.3 Å². The van der Waals surface area contributed by atoms with Gasteiger partial charge in [0.25, 0.3) is 5.69 Å². The molecule has 0 fully saturated rings. The summed E-state index contributed by atoms with van der Waals surface area (Å²) in [4.78, 5) is 10.3. The van der Waals surface area contributed by atoms with Gasteiger partial charge in [0.2, 0.25) is 0 Å². The number of nitro benzene ring substituents is 1. The van der Waals surface area contributed by atoms with E-state index in [9.17, 15) is 10.1 Å². The van der Waals surface area contributed by atoms with E-state index < -0.39 is 4.92 Å². The van der Waals surface area contributed by atoms with E-state index >= 15 is 0 Å². The Kier molecular flexibility index (Phi) is 7.51. The number of rotatable bonds is 9. The van der Waals surface area contributed by atoms with Crippen LogP contribution in [0, 0.1) is 16.0 Å². The number of non-ortho nitro benzene ring substituents is 1. The fourth-order valence-corrected chi connectivity index (χ4v) is 2.34. The molecule has 0 spiro atoms. The third kappa shape index (κ3) is 5.45. The molecule has 1 atom stereocenters. The molecule has 0 radical (unpaired) electrons. The highest BCUT2D eigenvalue weighted by Gasteiger charge is 2.11. The number of aliphatic hydroxyl groups is 1. The van der Waals surface area contributed by atoms with Gasteiger partial charge in [0.05, 0.1) is 4.92 Å². The Bertz CT molecular complexity index is 434. The van der Waals surface area contributed by atoms with Crippen LogP contribution >= 0.6 is 11.6 Å². The molecule has 0 aliphatic heterocycles. The van der Waals surface area contributed by atoms with Crippen molar-refractivity contribution in [3.05, 3.63) is 38.9 Å². The summed E-state index contributed by atoms with van der Waals surface area (Å²) < 4.78 is 0. The van der Waals surface area contributed by atoms with Gasteiger partial charge in [-0.1, -0.05) is 24.9 Å². The van der Waals surface area contributed by atoms with Crippen LogP contribution in [0.5, 0.6) is 0 Å². The Morgan fingerprint density at radius 2 is 2.20 bits per heavy atom. The molecule has 112 valence electrons. The van der Waals surface area contributed by atoms with Crippen molar-refractivity contribution in [3.63, 3.8) is 0 Å². The smallest absolute Gasteiger partial charge is 0.269 e. The summed E-state index contributed by atoms with van der Waals surface area (Å²) in [5.74, 6) is 0.419. The van der Waals surface area contributed by atoms with Crippen molar-refractivity contribution in [2.45, 2.75) is 32.7 Å². The number of hydrogen-bond donors (Lipinski definition) is 2. The zero-order valence-electron chi connectivity index (χ0n) is 11.6. The number of aliphatic hydroxyl groups excluding tert-OH is 1.